The zero-order chi connectivity index (χ0) is 14.1. The van der Waals surface area contributed by atoms with Crippen molar-refractivity contribution in [3.8, 4) is 0 Å². The first-order chi connectivity index (χ1) is 9.08. The zero-order valence-electron chi connectivity index (χ0n) is 12.2. The van der Waals surface area contributed by atoms with Crippen LogP contribution in [0.2, 0.25) is 0 Å². The summed E-state index contributed by atoms with van der Waals surface area (Å²) in [6.07, 6.45) is 2.17. The summed E-state index contributed by atoms with van der Waals surface area (Å²) in [6.45, 7) is 4.16. The highest BCUT2D eigenvalue weighted by Gasteiger charge is 2.04. The number of rotatable bonds is 7. The molecule has 1 aromatic carbocycles. The summed E-state index contributed by atoms with van der Waals surface area (Å²) < 4.78 is 0. The molecular weight excluding hydrogens is 254 g/mol. The fourth-order valence-electron chi connectivity index (χ4n) is 1.80. The molecule has 0 aliphatic rings. The molecular formula is C15H26N3S+. The third-order valence-electron chi connectivity index (χ3n) is 3.00. The Balaban J connectivity index is 2.16. The van der Waals surface area contributed by atoms with Gasteiger partial charge in [0.05, 0.1) is 27.2 Å². The van der Waals surface area contributed by atoms with Crippen LogP contribution in [0, 0.1) is 0 Å². The lowest BCUT2D eigenvalue weighted by Crippen LogP contribution is -3.06. The third-order valence-corrected chi connectivity index (χ3v) is 3.26. The van der Waals surface area contributed by atoms with Gasteiger partial charge in [0.2, 0.25) is 0 Å². The molecule has 0 heterocycles. The Kier molecular flexibility index (Phi) is 7.45. The Bertz CT molecular complexity index is 365. The molecule has 0 amide bonds. The summed E-state index contributed by atoms with van der Waals surface area (Å²) in [5.74, 6) is 0. The van der Waals surface area contributed by atoms with Crippen molar-refractivity contribution in [1.82, 2.24) is 10.6 Å². The van der Waals surface area contributed by atoms with Crippen LogP contribution in [0.1, 0.15) is 18.9 Å². The highest BCUT2D eigenvalue weighted by molar-refractivity contribution is 7.80. The molecule has 0 bridgehead atoms. The van der Waals surface area contributed by atoms with Gasteiger partial charge in [-0.05, 0) is 37.5 Å². The summed E-state index contributed by atoms with van der Waals surface area (Å²) in [5.41, 5.74) is 1.38. The van der Waals surface area contributed by atoms with Gasteiger partial charge in [0.25, 0.3) is 0 Å². The number of nitrogens with one attached hydrogen (secondary N) is 3. The maximum absolute atomic E-state index is 5.28. The normalized spacial score (nSPS) is 12.2. The molecule has 106 valence electrons. The number of benzene rings is 1. The summed E-state index contributed by atoms with van der Waals surface area (Å²) >= 11 is 5.28. The third kappa shape index (κ3) is 7.80. The van der Waals surface area contributed by atoms with Crippen LogP contribution in [0.3, 0.4) is 0 Å². The van der Waals surface area contributed by atoms with E-state index < -0.39 is 0 Å². The van der Waals surface area contributed by atoms with Crippen LogP contribution in [-0.4, -0.2) is 38.3 Å². The fourth-order valence-corrected chi connectivity index (χ4v) is 2.10. The first-order valence-corrected chi connectivity index (χ1v) is 7.36. The average Bonchev–Trinajstić information content (AvgIpc) is 2.37. The molecule has 1 rings (SSSR count). The van der Waals surface area contributed by atoms with Crippen LogP contribution >= 0.6 is 12.2 Å². The van der Waals surface area contributed by atoms with Crippen molar-refractivity contribution in [2.24, 2.45) is 0 Å². The maximum atomic E-state index is 5.28. The van der Waals surface area contributed by atoms with E-state index >= 15 is 0 Å². The number of aryl methyl sites for hydroxylation is 1. The summed E-state index contributed by atoms with van der Waals surface area (Å²) in [7, 11) is 4.28. The van der Waals surface area contributed by atoms with Crippen molar-refractivity contribution in [3.63, 3.8) is 0 Å². The van der Waals surface area contributed by atoms with E-state index in [2.05, 4.69) is 62.0 Å². The summed E-state index contributed by atoms with van der Waals surface area (Å²) in [4.78, 5) is 1.42. The van der Waals surface area contributed by atoms with E-state index in [1.165, 1.54) is 10.5 Å². The summed E-state index contributed by atoms with van der Waals surface area (Å²) in [5, 5.41) is 7.34. The second-order valence-corrected chi connectivity index (χ2v) is 5.69. The van der Waals surface area contributed by atoms with Crippen molar-refractivity contribution in [2.45, 2.75) is 25.8 Å². The van der Waals surface area contributed by atoms with E-state index in [9.17, 15) is 0 Å². The van der Waals surface area contributed by atoms with Gasteiger partial charge in [-0.1, -0.05) is 30.3 Å². The SMILES string of the molecule is C[C@H](CCc1ccccc1)NC(=S)NCC[NH+](C)C. The van der Waals surface area contributed by atoms with Crippen molar-refractivity contribution >= 4 is 17.3 Å². The molecule has 3 N–H and O–H groups in total. The lowest BCUT2D eigenvalue weighted by atomic mass is 10.1. The molecule has 1 atom stereocenters. The van der Waals surface area contributed by atoms with Gasteiger partial charge in [0, 0.05) is 6.04 Å². The van der Waals surface area contributed by atoms with Gasteiger partial charge < -0.3 is 15.5 Å². The van der Waals surface area contributed by atoms with Crippen molar-refractivity contribution in [1.29, 1.82) is 0 Å². The van der Waals surface area contributed by atoms with Gasteiger partial charge in [0.1, 0.15) is 0 Å². The van der Waals surface area contributed by atoms with Crippen LogP contribution in [0.4, 0.5) is 0 Å². The fraction of sp³-hybridized carbons (Fsp3) is 0.533. The van der Waals surface area contributed by atoms with Crippen LogP contribution in [0.5, 0.6) is 0 Å². The van der Waals surface area contributed by atoms with E-state index in [0.29, 0.717) is 6.04 Å². The van der Waals surface area contributed by atoms with Crippen molar-refractivity contribution in [2.75, 3.05) is 27.2 Å². The second kappa shape index (κ2) is 8.88. The van der Waals surface area contributed by atoms with Gasteiger partial charge in [0.15, 0.2) is 5.11 Å². The Morgan fingerprint density at radius 2 is 1.95 bits per heavy atom. The molecule has 0 aromatic heterocycles. The van der Waals surface area contributed by atoms with Crippen molar-refractivity contribution in [3.05, 3.63) is 35.9 Å². The van der Waals surface area contributed by atoms with E-state index in [1.807, 2.05) is 0 Å². The first-order valence-electron chi connectivity index (χ1n) is 6.95. The van der Waals surface area contributed by atoms with E-state index in [0.717, 1.165) is 31.0 Å². The van der Waals surface area contributed by atoms with E-state index in [1.54, 1.807) is 0 Å². The number of hydrogen-bond donors (Lipinski definition) is 3. The largest absolute Gasteiger partial charge is 0.360 e. The monoisotopic (exact) mass is 280 g/mol. The molecule has 0 fully saturated rings. The van der Waals surface area contributed by atoms with E-state index in [4.69, 9.17) is 12.2 Å². The van der Waals surface area contributed by atoms with E-state index in [-0.39, 0.29) is 0 Å². The minimum absolute atomic E-state index is 0.395. The molecule has 0 aliphatic carbocycles. The van der Waals surface area contributed by atoms with Gasteiger partial charge in [-0.15, -0.1) is 0 Å². The van der Waals surface area contributed by atoms with Crippen LogP contribution in [-0.2, 0) is 6.42 Å². The number of quaternary nitrogens is 1. The lowest BCUT2D eigenvalue weighted by molar-refractivity contribution is -0.856. The molecule has 0 saturated heterocycles. The lowest BCUT2D eigenvalue weighted by Gasteiger charge is -2.17. The van der Waals surface area contributed by atoms with Crippen molar-refractivity contribution < 1.29 is 4.90 Å². The topological polar surface area (TPSA) is 28.5 Å². The van der Waals surface area contributed by atoms with Gasteiger partial charge in [-0.3, -0.25) is 0 Å². The second-order valence-electron chi connectivity index (χ2n) is 5.28. The Hall–Kier alpha value is -1.13. The smallest absolute Gasteiger partial charge is 0.166 e. The molecule has 0 aliphatic heterocycles. The van der Waals surface area contributed by atoms with Crippen LogP contribution in [0.15, 0.2) is 30.3 Å². The molecule has 4 heteroatoms. The Labute approximate surface area is 122 Å². The molecule has 0 radical (unpaired) electrons. The molecule has 1 aromatic rings. The maximum Gasteiger partial charge on any atom is 0.166 e. The first kappa shape index (κ1) is 15.9. The summed E-state index contributed by atoms with van der Waals surface area (Å²) in [6, 6.07) is 11.0. The van der Waals surface area contributed by atoms with Crippen LogP contribution < -0.4 is 15.5 Å². The molecule has 19 heavy (non-hydrogen) atoms. The molecule has 0 saturated carbocycles. The highest BCUT2D eigenvalue weighted by Crippen LogP contribution is 2.04. The predicted molar refractivity (Wildman–Crippen MR) is 85.6 cm³/mol. The molecule has 3 nitrogen and oxygen atoms in total. The average molecular weight is 280 g/mol. The Morgan fingerprint density at radius 1 is 1.26 bits per heavy atom. The molecule has 0 spiro atoms. The van der Waals surface area contributed by atoms with Gasteiger partial charge in [-0.2, -0.15) is 0 Å². The predicted octanol–water partition coefficient (Wildman–Crippen LogP) is 0.616. The number of hydrogen-bond acceptors (Lipinski definition) is 1. The minimum atomic E-state index is 0.395. The minimum Gasteiger partial charge on any atom is -0.360 e. The highest BCUT2D eigenvalue weighted by atomic mass is 32.1. The van der Waals surface area contributed by atoms with Gasteiger partial charge >= 0.3 is 0 Å². The van der Waals surface area contributed by atoms with Gasteiger partial charge in [-0.25, -0.2) is 0 Å². The standard InChI is InChI=1S/C15H25N3S/c1-13(9-10-14-7-5-4-6-8-14)17-15(19)16-11-12-18(2)3/h4-8,13H,9-12H2,1-3H3,(H2,16,17,19)/p+1/t13-/m1/s1. The van der Waals surface area contributed by atoms with Crippen LogP contribution in [0.25, 0.3) is 0 Å². The number of likely N-dealkylation sites (N-methyl/N-ethyl adjacent to an activating group) is 1. The zero-order valence-corrected chi connectivity index (χ0v) is 13.0. The quantitative estimate of drug-likeness (QED) is 0.640. The Morgan fingerprint density at radius 3 is 2.58 bits per heavy atom. The number of thiocarbonyl (C=S) groups is 1. The molecule has 0 unspecified atom stereocenters.